The number of primary amides is 1. The Labute approximate surface area is 141 Å². The highest BCUT2D eigenvalue weighted by molar-refractivity contribution is 14.1. The number of amides is 1. The summed E-state index contributed by atoms with van der Waals surface area (Å²) in [5.41, 5.74) is 4.38. The van der Waals surface area contributed by atoms with E-state index < -0.39 is 16.6 Å². The highest BCUT2D eigenvalue weighted by Crippen LogP contribution is 2.33. The first kappa shape index (κ1) is 18.2. The van der Waals surface area contributed by atoms with Gasteiger partial charge >= 0.3 is 6.09 Å². The minimum Gasteiger partial charge on any atom is -0.488 e. The van der Waals surface area contributed by atoms with Crippen LogP contribution in [0.2, 0.25) is 0 Å². The average molecular weight is 420 g/mol. The van der Waals surface area contributed by atoms with Gasteiger partial charge in [0.1, 0.15) is 18.0 Å². The van der Waals surface area contributed by atoms with Crippen molar-refractivity contribution in [2.75, 3.05) is 6.61 Å². The van der Waals surface area contributed by atoms with E-state index in [0.717, 1.165) is 0 Å². The van der Waals surface area contributed by atoms with Crippen molar-refractivity contribution in [1.29, 1.82) is 0 Å². The lowest BCUT2D eigenvalue weighted by Gasteiger charge is -2.24. The van der Waals surface area contributed by atoms with Gasteiger partial charge in [-0.15, -0.1) is 0 Å². The van der Waals surface area contributed by atoms with Crippen molar-refractivity contribution in [2.24, 2.45) is 5.73 Å². The van der Waals surface area contributed by atoms with Crippen LogP contribution in [0.3, 0.4) is 0 Å². The van der Waals surface area contributed by atoms with Gasteiger partial charge in [0.15, 0.2) is 0 Å². The van der Waals surface area contributed by atoms with Crippen LogP contribution in [-0.2, 0) is 11.2 Å². The van der Waals surface area contributed by atoms with E-state index in [2.05, 4.69) is 6.58 Å². The summed E-state index contributed by atoms with van der Waals surface area (Å²) in [7, 11) is 0. The van der Waals surface area contributed by atoms with Crippen LogP contribution in [0.4, 0.5) is 10.5 Å². The molecule has 0 aromatic heterocycles. The van der Waals surface area contributed by atoms with Crippen LogP contribution in [0.5, 0.6) is 5.75 Å². The first-order valence-electron chi connectivity index (χ1n) is 6.35. The molecule has 0 saturated heterocycles. The summed E-state index contributed by atoms with van der Waals surface area (Å²) in [6.07, 6.45) is 0.784. The molecule has 1 aromatic rings. The van der Waals surface area contributed by atoms with Gasteiger partial charge in [-0.1, -0.05) is 12.7 Å². The number of carbonyl (C=O) groups is 1. The normalized spacial score (nSPS) is 10.9. The molecule has 1 amide bonds. The van der Waals surface area contributed by atoms with Gasteiger partial charge in [0.2, 0.25) is 0 Å². The van der Waals surface area contributed by atoms with Gasteiger partial charge < -0.3 is 15.2 Å². The summed E-state index contributed by atoms with van der Waals surface area (Å²) >= 11 is 1.96. The van der Waals surface area contributed by atoms with E-state index >= 15 is 0 Å². The molecule has 1 rings (SSSR count). The van der Waals surface area contributed by atoms with E-state index in [9.17, 15) is 14.9 Å². The van der Waals surface area contributed by atoms with Gasteiger partial charge in [-0.2, -0.15) is 0 Å². The van der Waals surface area contributed by atoms with Gasteiger partial charge in [0, 0.05) is 18.1 Å². The second kappa shape index (κ2) is 7.43. The Morgan fingerprint density at radius 3 is 2.68 bits per heavy atom. The standard InChI is InChI=1S/C14H17IN2O5/c1-4-5-21-12-6-9(8-14(2,3)22-13(16)18)11(17(19)20)7-10(12)15/h4,6-7H,1,5,8H2,2-3H3,(H2,16,18). The van der Waals surface area contributed by atoms with Gasteiger partial charge in [-0.25, -0.2) is 4.79 Å². The fraction of sp³-hybridized carbons (Fsp3) is 0.357. The second-order valence-electron chi connectivity index (χ2n) is 5.13. The highest BCUT2D eigenvalue weighted by Gasteiger charge is 2.28. The van der Waals surface area contributed by atoms with Crippen LogP contribution >= 0.6 is 22.6 Å². The third-order valence-corrected chi connectivity index (χ3v) is 3.52. The lowest BCUT2D eigenvalue weighted by Crippen LogP contribution is -2.33. The molecule has 0 bridgehead atoms. The molecular formula is C14H17IN2O5. The third kappa shape index (κ3) is 5.17. The number of ether oxygens (including phenoxy) is 2. The topological polar surface area (TPSA) is 105 Å². The maximum absolute atomic E-state index is 11.2. The summed E-state index contributed by atoms with van der Waals surface area (Å²) in [4.78, 5) is 21.7. The fourth-order valence-corrected chi connectivity index (χ4v) is 2.53. The first-order chi connectivity index (χ1) is 10.2. The van der Waals surface area contributed by atoms with Crippen LogP contribution < -0.4 is 10.5 Å². The minimum absolute atomic E-state index is 0.0588. The van der Waals surface area contributed by atoms with Gasteiger partial charge in [0.25, 0.3) is 5.69 Å². The molecule has 22 heavy (non-hydrogen) atoms. The maximum atomic E-state index is 11.2. The summed E-state index contributed by atoms with van der Waals surface area (Å²) < 4.78 is 11.1. The lowest BCUT2D eigenvalue weighted by molar-refractivity contribution is -0.385. The number of carbonyl (C=O) groups excluding carboxylic acids is 1. The van der Waals surface area contributed by atoms with Crippen LogP contribution in [0.1, 0.15) is 19.4 Å². The summed E-state index contributed by atoms with van der Waals surface area (Å²) in [6.45, 7) is 7.10. The van der Waals surface area contributed by atoms with Gasteiger partial charge in [-0.3, -0.25) is 10.1 Å². The molecule has 2 N–H and O–H groups in total. The molecule has 1 aromatic carbocycles. The SMILES string of the molecule is C=CCOc1cc(CC(C)(C)OC(N)=O)c([N+](=O)[O-])cc1I. The Kier molecular flexibility index (Phi) is 6.15. The number of nitro benzene ring substituents is 1. The van der Waals surface area contributed by atoms with E-state index in [1.165, 1.54) is 6.07 Å². The van der Waals surface area contributed by atoms with Gasteiger partial charge in [-0.05, 0) is 42.5 Å². The van der Waals surface area contributed by atoms with Crippen molar-refractivity contribution in [3.05, 3.63) is 44.0 Å². The van der Waals surface area contributed by atoms with Crippen LogP contribution in [0, 0.1) is 13.7 Å². The zero-order valence-electron chi connectivity index (χ0n) is 12.3. The molecule has 0 atom stereocenters. The number of nitrogens with zero attached hydrogens (tertiary/aromatic N) is 1. The molecule has 0 aliphatic carbocycles. The summed E-state index contributed by atoms with van der Waals surface area (Å²) in [5.74, 6) is 0.510. The van der Waals surface area contributed by atoms with Crippen molar-refractivity contribution in [1.82, 2.24) is 0 Å². The Bertz CT molecular complexity index is 601. The Morgan fingerprint density at radius 1 is 1.55 bits per heavy atom. The zero-order valence-corrected chi connectivity index (χ0v) is 14.5. The first-order valence-corrected chi connectivity index (χ1v) is 7.43. The van der Waals surface area contributed by atoms with E-state index in [4.69, 9.17) is 15.2 Å². The van der Waals surface area contributed by atoms with Crippen molar-refractivity contribution in [2.45, 2.75) is 25.9 Å². The smallest absolute Gasteiger partial charge is 0.405 e. The largest absolute Gasteiger partial charge is 0.488 e. The monoisotopic (exact) mass is 420 g/mol. The Hall–Kier alpha value is -1.84. The molecule has 0 unspecified atom stereocenters. The second-order valence-corrected chi connectivity index (χ2v) is 6.29. The van der Waals surface area contributed by atoms with E-state index in [1.54, 1.807) is 26.0 Å². The lowest BCUT2D eigenvalue weighted by atomic mass is 9.97. The molecule has 0 heterocycles. The molecule has 0 saturated carbocycles. The van der Waals surface area contributed by atoms with E-state index in [1.807, 2.05) is 22.6 Å². The van der Waals surface area contributed by atoms with E-state index in [0.29, 0.717) is 14.9 Å². The molecule has 0 spiro atoms. The number of halogens is 1. The number of benzene rings is 1. The summed E-state index contributed by atoms with van der Waals surface area (Å²) in [5, 5.41) is 11.2. The van der Waals surface area contributed by atoms with Crippen molar-refractivity contribution in [3.8, 4) is 5.75 Å². The minimum atomic E-state index is -0.973. The number of nitrogens with two attached hydrogens (primary N) is 1. The number of rotatable bonds is 7. The predicted molar refractivity (Wildman–Crippen MR) is 90.0 cm³/mol. The predicted octanol–water partition coefficient (Wildman–Crippen LogP) is 3.18. The van der Waals surface area contributed by atoms with E-state index in [-0.39, 0.29) is 18.7 Å². The highest BCUT2D eigenvalue weighted by atomic mass is 127. The van der Waals surface area contributed by atoms with Crippen molar-refractivity contribution >= 4 is 34.4 Å². The Balaban J connectivity index is 3.21. The molecule has 7 nitrogen and oxygen atoms in total. The number of hydrogen-bond donors (Lipinski definition) is 1. The molecule has 0 radical (unpaired) electrons. The van der Waals surface area contributed by atoms with Crippen LogP contribution in [0.15, 0.2) is 24.8 Å². The number of nitro groups is 1. The van der Waals surface area contributed by atoms with Crippen molar-refractivity contribution < 1.29 is 19.2 Å². The average Bonchev–Trinajstić information content (AvgIpc) is 2.36. The molecule has 0 aliphatic rings. The van der Waals surface area contributed by atoms with Crippen molar-refractivity contribution in [3.63, 3.8) is 0 Å². The fourth-order valence-electron chi connectivity index (χ4n) is 1.92. The van der Waals surface area contributed by atoms with Crippen LogP contribution in [0.25, 0.3) is 0 Å². The number of hydrogen-bond acceptors (Lipinski definition) is 5. The third-order valence-electron chi connectivity index (χ3n) is 2.68. The molecular weight excluding hydrogens is 403 g/mol. The maximum Gasteiger partial charge on any atom is 0.405 e. The van der Waals surface area contributed by atoms with Crippen LogP contribution in [-0.4, -0.2) is 23.2 Å². The summed E-state index contributed by atoms with van der Waals surface area (Å²) in [6, 6.07) is 3.00. The molecule has 8 heteroatoms. The van der Waals surface area contributed by atoms with Gasteiger partial charge in [0.05, 0.1) is 8.49 Å². The molecule has 0 fully saturated rings. The molecule has 0 aliphatic heterocycles. The zero-order chi connectivity index (χ0) is 16.9. The quantitative estimate of drug-likeness (QED) is 0.316. The molecule has 120 valence electrons. The Morgan fingerprint density at radius 2 is 2.18 bits per heavy atom.